The van der Waals surface area contributed by atoms with E-state index < -0.39 is 23.6 Å². The Hall–Kier alpha value is -2.63. The van der Waals surface area contributed by atoms with Crippen molar-refractivity contribution in [2.24, 2.45) is 0 Å². The van der Waals surface area contributed by atoms with Crippen molar-refractivity contribution < 1.29 is 18.3 Å². The number of benzene rings is 2. The van der Waals surface area contributed by atoms with Crippen molar-refractivity contribution in [3.63, 3.8) is 0 Å². The van der Waals surface area contributed by atoms with Gasteiger partial charge in [0.15, 0.2) is 6.10 Å². The van der Waals surface area contributed by atoms with E-state index in [1.54, 1.807) is 6.07 Å². The highest BCUT2D eigenvalue weighted by molar-refractivity contribution is 5.96. The molecule has 1 atom stereocenters. The lowest BCUT2D eigenvalue weighted by Crippen LogP contribution is -2.30. The summed E-state index contributed by atoms with van der Waals surface area (Å²) in [6.45, 7) is 1.51. The van der Waals surface area contributed by atoms with Crippen LogP contribution in [0.1, 0.15) is 6.92 Å². The quantitative estimate of drug-likeness (QED) is 0.852. The zero-order valence-corrected chi connectivity index (χ0v) is 11.3. The van der Waals surface area contributed by atoms with Crippen LogP contribution in [-0.2, 0) is 4.79 Å². The second-order valence-corrected chi connectivity index (χ2v) is 4.44. The highest BCUT2D eigenvalue weighted by Crippen LogP contribution is 2.20. The second-order valence-electron chi connectivity index (χ2n) is 4.44. The van der Waals surface area contributed by atoms with Crippen LogP contribution in [0.15, 0.2) is 42.5 Å². The summed E-state index contributed by atoms with van der Waals surface area (Å²) in [6, 6.07) is 9.12. The minimum Gasteiger partial charge on any atom is -0.481 e. The highest BCUT2D eigenvalue weighted by Gasteiger charge is 2.16. The fourth-order valence-corrected chi connectivity index (χ4v) is 1.68. The van der Waals surface area contributed by atoms with Gasteiger partial charge in [-0.15, -0.1) is 0 Å². The lowest BCUT2D eigenvalue weighted by atomic mass is 10.2. The van der Waals surface area contributed by atoms with Crippen LogP contribution < -0.4 is 15.8 Å². The molecule has 0 aliphatic rings. The van der Waals surface area contributed by atoms with Crippen molar-refractivity contribution in [3.8, 4) is 5.75 Å². The van der Waals surface area contributed by atoms with Gasteiger partial charge in [-0.3, -0.25) is 4.79 Å². The molecule has 6 heteroatoms. The van der Waals surface area contributed by atoms with Crippen LogP contribution in [0.25, 0.3) is 0 Å². The molecule has 0 fully saturated rings. The zero-order chi connectivity index (χ0) is 15.4. The maximum Gasteiger partial charge on any atom is 0.265 e. The Balaban J connectivity index is 2.02. The summed E-state index contributed by atoms with van der Waals surface area (Å²) in [5.41, 5.74) is 6.00. The smallest absolute Gasteiger partial charge is 0.265 e. The van der Waals surface area contributed by atoms with E-state index in [4.69, 9.17) is 10.5 Å². The summed E-state index contributed by atoms with van der Waals surface area (Å²) in [7, 11) is 0. The van der Waals surface area contributed by atoms with Gasteiger partial charge in [0.1, 0.15) is 17.4 Å². The van der Waals surface area contributed by atoms with E-state index in [0.29, 0.717) is 0 Å². The molecular formula is C15H14F2N2O2. The van der Waals surface area contributed by atoms with Crippen molar-refractivity contribution in [3.05, 3.63) is 54.1 Å². The first-order valence-corrected chi connectivity index (χ1v) is 6.24. The van der Waals surface area contributed by atoms with E-state index in [9.17, 15) is 13.6 Å². The molecular weight excluding hydrogens is 278 g/mol. The van der Waals surface area contributed by atoms with Gasteiger partial charge in [-0.1, -0.05) is 6.07 Å². The van der Waals surface area contributed by atoms with Crippen LogP contribution in [0.4, 0.5) is 20.2 Å². The highest BCUT2D eigenvalue weighted by atomic mass is 19.1. The molecule has 0 heterocycles. The van der Waals surface area contributed by atoms with Crippen molar-refractivity contribution in [2.75, 3.05) is 11.1 Å². The number of rotatable bonds is 4. The van der Waals surface area contributed by atoms with Gasteiger partial charge < -0.3 is 15.8 Å². The summed E-state index contributed by atoms with van der Waals surface area (Å²) in [5, 5.41) is 2.52. The molecule has 0 radical (unpaired) electrons. The molecule has 110 valence electrons. The first-order valence-electron chi connectivity index (χ1n) is 6.24. The van der Waals surface area contributed by atoms with Gasteiger partial charge in [0.05, 0.1) is 11.4 Å². The Bertz CT molecular complexity index is 662. The number of anilines is 2. The standard InChI is InChI=1S/C15H14F2N2O2/c1-9(21-12-4-2-3-10(16)7-12)15(20)19-14-6-5-11(17)8-13(14)18/h2-9H,18H2,1H3,(H,19,20). The molecule has 0 spiro atoms. The van der Waals surface area contributed by atoms with Crippen LogP contribution in [0.2, 0.25) is 0 Å². The number of hydrogen-bond donors (Lipinski definition) is 2. The fourth-order valence-electron chi connectivity index (χ4n) is 1.68. The first kappa shape index (κ1) is 14.8. The minimum atomic E-state index is -0.865. The van der Waals surface area contributed by atoms with Crippen LogP contribution in [0.3, 0.4) is 0 Å². The first-order chi connectivity index (χ1) is 9.95. The number of nitrogens with one attached hydrogen (secondary N) is 1. The van der Waals surface area contributed by atoms with Crippen LogP contribution in [0, 0.1) is 11.6 Å². The van der Waals surface area contributed by atoms with Gasteiger partial charge in [-0.25, -0.2) is 8.78 Å². The summed E-state index contributed by atoms with van der Waals surface area (Å²) >= 11 is 0. The summed E-state index contributed by atoms with van der Waals surface area (Å²) in [4.78, 5) is 12.0. The summed E-state index contributed by atoms with van der Waals surface area (Å²) in [5.74, 6) is -1.18. The predicted octanol–water partition coefficient (Wildman–Crippen LogP) is 2.95. The maximum atomic E-state index is 13.0. The topological polar surface area (TPSA) is 64.3 Å². The number of nitrogens with two attached hydrogens (primary N) is 1. The average molecular weight is 292 g/mol. The number of hydrogen-bond acceptors (Lipinski definition) is 3. The minimum absolute atomic E-state index is 0.112. The molecule has 0 aliphatic heterocycles. The van der Waals surface area contributed by atoms with Gasteiger partial charge >= 0.3 is 0 Å². The normalized spacial score (nSPS) is 11.8. The lowest BCUT2D eigenvalue weighted by molar-refractivity contribution is -0.122. The number of carbonyl (C=O) groups excluding carboxylic acids is 1. The molecule has 2 aromatic rings. The third-order valence-corrected chi connectivity index (χ3v) is 2.75. The largest absolute Gasteiger partial charge is 0.481 e. The average Bonchev–Trinajstić information content (AvgIpc) is 2.41. The molecule has 1 unspecified atom stereocenters. The van der Waals surface area contributed by atoms with Gasteiger partial charge in [0.25, 0.3) is 5.91 Å². The Morgan fingerprint density at radius 1 is 1.19 bits per heavy atom. The molecule has 3 N–H and O–H groups in total. The van der Waals surface area contributed by atoms with Gasteiger partial charge in [-0.05, 0) is 37.3 Å². The maximum absolute atomic E-state index is 13.0. The Kier molecular flexibility index (Phi) is 4.37. The van der Waals surface area contributed by atoms with Crippen molar-refractivity contribution in [1.82, 2.24) is 0 Å². The van der Waals surface area contributed by atoms with E-state index >= 15 is 0 Å². The van der Waals surface area contributed by atoms with Crippen LogP contribution in [0.5, 0.6) is 5.75 Å². The van der Waals surface area contributed by atoms with Gasteiger partial charge in [0, 0.05) is 6.07 Å². The third-order valence-electron chi connectivity index (χ3n) is 2.75. The number of amides is 1. The monoisotopic (exact) mass is 292 g/mol. The van der Waals surface area contributed by atoms with E-state index in [1.165, 1.54) is 37.3 Å². The lowest BCUT2D eigenvalue weighted by Gasteiger charge is -2.15. The Morgan fingerprint density at radius 3 is 2.57 bits per heavy atom. The number of nitrogen functional groups attached to an aromatic ring is 1. The molecule has 0 aromatic heterocycles. The summed E-state index contributed by atoms with van der Waals surface area (Å²) in [6.07, 6.45) is -0.865. The zero-order valence-electron chi connectivity index (χ0n) is 11.3. The molecule has 21 heavy (non-hydrogen) atoms. The molecule has 0 saturated heterocycles. The van der Waals surface area contributed by atoms with Crippen molar-refractivity contribution >= 4 is 17.3 Å². The van der Waals surface area contributed by atoms with Crippen molar-refractivity contribution in [1.29, 1.82) is 0 Å². The van der Waals surface area contributed by atoms with Gasteiger partial charge in [0.2, 0.25) is 0 Å². The molecule has 0 bridgehead atoms. The van der Waals surface area contributed by atoms with E-state index in [2.05, 4.69) is 5.32 Å². The molecule has 0 saturated carbocycles. The van der Waals surface area contributed by atoms with Crippen LogP contribution in [-0.4, -0.2) is 12.0 Å². The SMILES string of the molecule is CC(Oc1cccc(F)c1)C(=O)Nc1ccc(F)cc1N. The molecule has 2 aromatic carbocycles. The van der Waals surface area contributed by atoms with Gasteiger partial charge in [-0.2, -0.15) is 0 Å². The second kappa shape index (κ2) is 6.21. The number of ether oxygens (including phenoxy) is 1. The molecule has 4 nitrogen and oxygen atoms in total. The molecule has 0 aliphatic carbocycles. The van der Waals surface area contributed by atoms with Crippen molar-refractivity contribution in [2.45, 2.75) is 13.0 Å². The summed E-state index contributed by atoms with van der Waals surface area (Å²) < 4.78 is 31.3. The molecule has 2 rings (SSSR count). The fraction of sp³-hybridized carbons (Fsp3) is 0.133. The Morgan fingerprint density at radius 2 is 1.90 bits per heavy atom. The number of carbonyl (C=O) groups is 1. The van der Waals surface area contributed by atoms with E-state index in [1.807, 2.05) is 0 Å². The van der Waals surface area contributed by atoms with Crippen LogP contribution >= 0.6 is 0 Å². The van der Waals surface area contributed by atoms with E-state index in [-0.39, 0.29) is 17.1 Å². The predicted molar refractivity (Wildman–Crippen MR) is 75.9 cm³/mol. The number of halogens is 2. The Labute approximate surface area is 120 Å². The van der Waals surface area contributed by atoms with E-state index in [0.717, 1.165) is 6.07 Å². The molecule has 1 amide bonds. The third kappa shape index (κ3) is 3.92.